The molecule has 2 rings (SSSR count). The fraction of sp³-hybridized carbons (Fsp3) is 0.417. The van der Waals surface area contributed by atoms with Gasteiger partial charge in [-0.25, -0.2) is 9.80 Å². The van der Waals surface area contributed by atoms with Gasteiger partial charge in [-0.2, -0.15) is 9.47 Å². The van der Waals surface area contributed by atoms with Crippen LogP contribution in [0.15, 0.2) is 5.10 Å². The van der Waals surface area contributed by atoms with Crippen molar-refractivity contribution in [2.75, 3.05) is 19.0 Å². The van der Waals surface area contributed by atoms with Crippen molar-refractivity contribution in [3.8, 4) is 0 Å². The Balaban J connectivity index is 2.31. The second kappa shape index (κ2) is 5.60. The molecule has 0 saturated heterocycles. The number of aryl methyl sites for hydroxylation is 1. The van der Waals surface area contributed by atoms with Crippen LogP contribution in [0.25, 0.3) is 0 Å². The van der Waals surface area contributed by atoms with Crippen LogP contribution in [0, 0.1) is 6.92 Å². The van der Waals surface area contributed by atoms with E-state index in [1.54, 1.807) is 6.92 Å². The SMILES string of the molecule is Cc1nsc(N(C)C(=O)C2=NN(C)C(=O)CC2)c1C(=O)O. The van der Waals surface area contributed by atoms with Crippen LogP contribution in [0.3, 0.4) is 0 Å². The highest BCUT2D eigenvalue weighted by Crippen LogP contribution is 2.28. The average molecular weight is 310 g/mol. The second-order valence-electron chi connectivity index (χ2n) is 4.58. The Hall–Kier alpha value is -2.29. The maximum absolute atomic E-state index is 12.4. The van der Waals surface area contributed by atoms with Gasteiger partial charge in [0.2, 0.25) is 5.91 Å². The molecule has 2 amide bonds. The minimum absolute atomic E-state index is 0.0108. The summed E-state index contributed by atoms with van der Waals surface area (Å²) in [7, 11) is 2.95. The maximum atomic E-state index is 12.4. The summed E-state index contributed by atoms with van der Waals surface area (Å²) >= 11 is 0.945. The molecule has 8 nitrogen and oxygen atoms in total. The van der Waals surface area contributed by atoms with Crippen molar-refractivity contribution in [2.24, 2.45) is 5.10 Å². The van der Waals surface area contributed by atoms with Crippen LogP contribution < -0.4 is 4.90 Å². The van der Waals surface area contributed by atoms with E-state index in [1.165, 1.54) is 19.0 Å². The van der Waals surface area contributed by atoms with Crippen molar-refractivity contribution in [3.63, 3.8) is 0 Å². The third-order valence-electron chi connectivity index (χ3n) is 3.12. The van der Waals surface area contributed by atoms with Crippen LogP contribution in [0.1, 0.15) is 28.9 Å². The van der Waals surface area contributed by atoms with Crippen molar-refractivity contribution >= 4 is 40.0 Å². The Bertz CT molecular complexity index is 652. The summed E-state index contributed by atoms with van der Waals surface area (Å²) in [5.74, 6) is -1.72. The molecule has 1 N–H and O–H groups in total. The Morgan fingerprint density at radius 2 is 2.05 bits per heavy atom. The number of hydrogen-bond acceptors (Lipinski definition) is 6. The lowest BCUT2D eigenvalue weighted by Gasteiger charge is -2.22. The fourth-order valence-electron chi connectivity index (χ4n) is 1.94. The number of carbonyl (C=O) groups is 3. The molecule has 0 fully saturated rings. The summed E-state index contributed by atoms with van der Waals surface area (Å²) in [5.41, 5.74) is 0.596. The summed E-state index contributed by atoms with van der Waals surface area (Å²) in [6, 6.07) is 0. The lowest BCUT2D eigenvalue weighted by Crippen LogP contribution is -2.39. The molecular formula is C12H14N4O4S. The number of carboxylic acid groups (broad SMARTS) is 1. The van der Waals surface area contributed by atoms with E-state index >= 15 is 0 Å². The van der Waals surface area contributed by atoms with Gasteiger partial charge in [0.1, 0.15) is 16.3 Å². The zero-order valence-corrected chi connectivity index (χ0v) is 12.6. The van der Waals surface area contributed by atoms with Crippen LogP contribution in [0.4, 0.5) is 5.00 Å². The normalized spacial score (nSPS) is 14.9. The first-order valence-electron chi connectivity index (χ1n) is 6.14. The molecule has 0 aromatic carbocycles. The highest BCUT2D eigenvalue weighted by molar-refractivity contribution is 7.11. The third kappa shape index (κ3) is 2.77. The summed E-state index contributed by atoms with van der Waals surface area (Å²) < 4.78 is 3.98. The predicted molar refractivity (Wildman–Crippen MR) is 76.7 cm³/mol. The van der Waals surface area contributed by atoms with Crippen molar-refractivity contribution in [3.05, 3.63) is 11.3 Å². The van der Waals surface area contributed by atoms with Gasteiger partial charge in [0, 0.05) is 26.9 Å². The van der Waals surface area contributed by atoms with E-state index in [0.29, 0.717) is 5.69 Å². The highest BCUT2D eigenvalue weighted by Gasteiger charge is 2.29. The standard InChI is InChI=1S/C12H14N4O4S/c1-6-9(12(19)20)11(21-14-6)15(2)10(18)7-4-5-8(17)16(3)13-7/h4-5H2,1-3H3,(H,19,20). The molecule has 1 aromatic heterocycles. The van der Waals surface area contributed by atoms with Crippen molar-refractivity contribution < 1.29 is 19.5 Å². The summed E-state index contributed by atoms with van der Waals surface area (Å²) in [4.78, 5) is 36.2. The first kappa shape index (κ1) is 15.1. The number of amides is 2. The molecule has 2 heterocycles. The monoisotopic (exact) mass is 310 g/mol. The molecule has 21 heavy (non-hydrogen) atoms. The van der Waals surface area contributed by atoms with Gasteiger partial charge in [-0.3, -0.25) is 14.5 Å². The van der Waals surface area contributed by atoms with E-state index in [4.69, 9.17) is 0 Å². The van der Waals surface area contributed by atoms with Gasteiger partial charge in [0.25, 0.3) is 5.91 Å². The molecule has 1 aliphatic heterocycles. The zero-order chi connectivity index (χ0) is 15.7. The number of hydrazone groups is 1. The number of aromatic carboxylic acids is 1. The molecule has 0 spiro atoms. The summed E-state index contributed by atoms with van der Waals surface area (Å²) in [6.45, 7) is 1.58. The molecule has 112 valence electrons. The first-order chi connectivity index (χ1) is 9.82. The number of nitrogens with zero attached hydrogens (tertiary/aromatic N) is 4. The molecule has 1 aromatic rings. The molecule has 9 heteroatoms. The van der Waals surface area contributed by atoms with Crippen LogP contribution in [0.5, 0.6) is 0 Å². The minimum Gasteiger partial charge on any atom is -0.478 e. The van der Waals surface area contributed by atoms with Crippen LogP contribution >= 0.6 is 11.5 Å². The molecule has 0 radical (unpaired) electrons. The van der Waals surface area contributed by atoms with Crippen LogP contribution in [-0.2, 0) is 9.59 Å². The molecule has 0 bridgehead atoms. The smallest absolute Gasteiger partial charge is 0.340 e. The van der Waals surface area contributed by atoms with E-state index in [1.807, 2.05) is 0 Å². The number of carboxylic acids is 1. The van der Waals surface area contributed by atoms with Crippen LogP contribution in [0.2, 0.25) is 0 Å². The molecule has 0 saturated carbocycles. The lowest BCUT2D eigenvalue weighted by atomic mass is 10.1. The van der Waals surface area contributed by atoms with Gasteiger partial charge >= 0.3 is 5.97 Å². The second-order valence-corrected chi connectivity index (χ2v) is 5.33. The van der Waals surface area contributed by atoms with Crippen molar-refractivity contribution in [1.29, 1.82) is 0 Å². The number of anilines is 1. The van der Waals surface area contributed by atoms with Gasteiger partial charge in [-0.15, -0.1) is 0 Å². The van der Waals surface area contributed by atoms with Gasteiger partial charge in [0.05, 0.1) is 5.69 Å². The Labute approximate surface area is 124 Å². The maximum Gasteiger partial charge on any atom is 0.340 e. The third-order valence-corrected chi connectivity index (χ3v) is 4.14. The molecule has 1 aliphatic rings. The first-order valence-corrected chi connectivity index (χ1v) is 6.92. The number of aromatic nitrogens is 1. The van der Waals surface area contributed by atoms with E-state index in [2.05, 4.69) is 9.47 Å². The number of hydrogen-bond donors (Lipinski definition) is 1. The molecule has 0 unspecified atom stereocenters. The van der Waals surface area contributed by atoms with Crippen molar-refractivity contribution in [1.82, 2.24) is 9.38 Å². The largest absolute Gasteiger partial charge is 0.478 e. The number of carbonyl (C=O) groups excluding carboxylic acids is 2. The lowest BCUT2D eigenvalue weighted by molar-refractivity contribution is -0.130. The Kier molecular flexibility index (Phi) is 4.03. The molecule has 0 atom stereocenters. The average Bonchev–Trinajstić information content (AvgIpc) is 2.82. The zero-order valence-electron chi connectivity index (χ0n) is 11.8. The van der Waals surface area contributed by atoms with E-state index in [9.17, 15) is 19.5 Å². The van der Waals surface area contributed by atoms with Crippen LogP contribution in [-0.4, -0.2) is 52.1 Å². The van der Waals surface area contributed by atoms with E-state index in [-0.39, 0.29) is 35.0 Å². The predicted octanol–water partition coefficient (Wildman–Crippen LogP) is 0.721. The van der Waals surface area contributed by atoms with Crippen molar-refractivity contribution in [2.45, 2.75) is 19.8 Å². The molecular weight excluding hydrogens is 296 g/mol. The minimum atomic E-state index is -1.13. The number of rotatable bonds is 3. The van der Waals surface area contributed by atoms with Gasteiger partial charge in [-0.1, -0.05) is 0 Å². The Morgan fingerprint density at radius 1 is 1.38 bits per heavy atom. The molecule has 0 aliphatic carbocycles. The topological polar surface area (TPSA) is 103 Å². The highest BCUT2D eigenvalue weighted by atomic mass is 32.1. The Morgan fingerprint density at radius 3 is 2.62 bits per heavy atom. The fourth-order valence-corrected chi connectivity index (χ4v) is 2.79. The summed E-state index contributed by atoms with van der Waals surface area (Å²) in [5, 5.41) is 14.5. The van der Waals surface area contributed by atoms with E-state index in [0.717, 1.165) is 16.5 Å². The van der Waals surface area contributed by atoms with Gasteiger partial charge < -0.3 is 5.11 Å². The van der Waals surface area contributed by atoms with Gasteiger partial charge in [0.15, 0.2) is 0 Å². The van der Waals surface area contributed by atoms with E-state index < -0.39 is 11.9 Å². The van der Waals surface area contributed by atoms with Gasteiger partial charge in [-0.05, 0) is 18.5 Å². The quantitative estimate of drug-likeness (QED) is 0.886. The summed E-state index contributed by atoms with van der Waals surface area (Å²) in [6.07, 6.45) is 0.453.